The molecule has 0 aliphatic heterocycles. The molecule has 0 radical (unpaired) electrons. The SMILES string of the molecule is N#Cc1c(Cl)c(F)cc2c1CCCC2. The Morgan fingerprint density at radius 3 is 2.79 bits per heavy atom. The highest BCUT2D eigenvalue weighted by Gasteiger charge is 2.18. The zero-order chi connectivity index (χ0) is 10.1. The maximum absolute atomic E-state index is 13.3. The number of hydrogen-bond donors (Lipinski definition) is 0. The molecule has 72 valence electrons. The van der Waals surface area contributed by atoms with Gasteiger partial charge in [0.1, 0.15) is 11.9 Å². The molecule has 0 fully saturated rings. The van der Waals surface area contributed by atoms with E-state index in [1.54, 1.807) is 0 Å². The van der Waals surface area contributed by atoms with Crippen molar-refractivity contribution in [2.24, 2.45) is 0 Å². The van der Waals surface area contributed by atoms with Crippen molar-refractivity contribution in [2.45, 2.75) is 25.7 Å². The fourth-order valence-electron chi connectivity index (χ4n) is 1.96. The molecule has 0 bridgehead atoms. The lowest BCUT2D eigenvalue weighted by molar-refractivity contribution is 0.613. The predicted molar refractivity (Wildman–Crippen MR) is 52.8 cm³/mol. The van der Waals surface area contributed by atoms with E-state index in [0.717, 1.165) is 36.8 Å². The molecule has 0 heterocycles. The lowest BCUT2D eigenvalue weighted by Gasteiger charge is -2.17. The molecule has 0 amide bonds. The third kappa shape index (κ3) is 1.38. The summed E-state index contributed by atoms with van der Waals surface area (Å²) in [5.41, 5.74) is 2.24. The molecule has 0 atom stereocenters. The Morgan fingerprint density at radius 1 is 1.36 bits per heavy atom. The fraction of sp³-hybridized carbons (Fsp3) is 0.364. The number of hydrogen-bond acceptors (Lipinski definition) is 1. The van der Waals surface area contributed by atoms with Crippen LogP contribution in [0.3, 0.4) is 0 Å². The van der Waals surface area contributed by atoms with Gasteiger partial charge in [0.05, 0.1) is 10.6 Å². The first-order valence-corrected chi connectivity index (χ1v) is 5.01. The highest BCUT2D eigenvalue weighted by Crippen LogP contribution is 2.31. The highest BCUT2D eigenvalue weighted by atomic mass is 35.5. The van der Waals surface area contributed by atoms with Gasteiger partial charge in [-0.2, -0.15) is 5.26 Å². The van der Waals surface area contributed by atoms with Crippen LogP contribution < -0.4 is 0 Å². The van der Waals surface area contributed by atoms with Crippen molar-refractivity contribution in [1.82, 2.24) is 0 Å². The van der Waals surface area contributed by atoms with Crippen LogP contribution in [-0.4, -0.2) is 0 Å². The van der Waals surface area contributed by atoms with E-state index in [4.69, 9.17) is 16.9 Å². The van der Waals surface area contributed by atoms with Crippen LogP contribution in [0.5, 0.6) is 0 Å². The summed E-state index contributed by atoms with van der Waals surface area (Å²) in [6.07, 6.45) is 3.83. The Morgan fingerprint density at radius 2 is 2.07 bits per heavy atom. The molecule has 0 N–H and O–H groups in total. The summed E-state index contributed by atoms with van der Waals surface area (Å²) in [4.78, 5) is 0. The standard InChI is InChI=1S/C11H9ClFN/c12-11-9(6-14)8-4-2-1-3-7(8)5-10(11)13/h5H,1-4H2. The molecular formula is C11H9ClFN. The number of benzene rings is 1. The molecule has 14 heavy (non-hydrogen) atoms. The van der Waals surface area contributed by atoms with Crippen LogP contribution in [0.2, 0.25) is 5.02 Å². The smallest absolute Gasteiger partial charge is 0.143 e. The van der Waals surface area contributed by atoms with Crippen molar-refractivity contribution < 1.29 is 4.39 Å². The van der Waals surface area contributed by atoms with E-state index >= 15 is 0 Å². The molecule has 1 aromatic carbocycles. The lowest BCUT2D eigenvalue weighted by Crippen LogP contribution is -2.06. The molecular weight excluding hydrogens is 201 g/mol. The van der Waals surface area contributed by atoms with Crippen molar-refractivity contribution >= 4 is 11.6 Å². The minimum atomic E-state index is -0.469. The number of aryl methyl sites for hydroxylation is 1. The molecule has 0 aromatic heterocycles. The molecule has 0 saturated heterocycles. The predicted octanol–water partition coefficient (Wildman–Crippen LogP) is 3.23. The van der Waals surface area contributed by atoms with Crippen molar-refractivity contribution in [3.8, 4) is 6.07 Å². The third-order valence-electron chi connectivity index (χ3n) is 2.65. The monoisotopic (exact) mass is 209 g/mol. The van der Waals surface area contributed by atoms with Crippen LogP contribution >= 0.6 is 11.6 Å². The van der Waals surface area contributed by atoms with Gasteiger partial charge in [0.15, 0.2) is 0 Å². The van der Waals surface area contributed by atoms with E-state index < -0.39 is 5.82 Å². The second-order valence-corrected chi connectivity index (χ2v) is 3.88. The van der Waals surface area contributed by atoms with Crippen LogP contribution in [0.1, 0.15) is 29.5 Å². The van der Waals surface area contributed by atoms with Gasteiger partial charge >= 0.3 is 0 Å². The first kappa shape index (κ1) is 9.48. The molecule has 0 unspecified atom stereocenters. The summed E-state index contributed by atoms with van der Waals surface area (Å²) in [6.45, 7) is 0. The maximum atomic E-state index is 13.3. The zero-order valence-corrected chi connectivity index (χ0v) is 8.36. The minimum Gasteiger partial charge on any atom is -0.205 e. The Labute approximate surface area is 87.1 Å². The normalized spacial score (nSPS) is 14.6. The average molecular weight is 210 g/mol. The number of rotatable bonds is 0. The van der Waals surface area contributed by atoms with Gasteiger partial charge in [-0.25, -0.2) is 4.39 Å². The largest absolute Gasteiger partial charge is 0.205 e. The molecule has 3 heteroatoms. The maximum Gasteiger partial charge on any atom is 0.143 e. The molecule has 1 aliphatic carbocycles. The Hall–Kier alpha value is -1.07. The van der Waals surface area contributed by atoms with Crippen molar-refractivity contribution in [2.75, 3.05) is 0 Å². The number of halogens is 2. The first-order valence-electron chi connectivity index (χ1n) is 4.64. The Kier molecular flexibility index (Phi) is 2.43. The van der Waals surface area contributed by atoms with Gasteiger partial charge in [-0.05, 0) is 42.9 Å². The first-order chi connectivity index (χ1) is 6.74. The van der Waals surface area contributed by atoms with Crippen LogP contribution in [0.4, 0.5) is 4.39 Å². The van der Waals surface area contributed by atoms with Gasteiger partial charge in [0, 0.05) is 0 Å². The number of fused-ring (bicyclic) bond motifs is 1. The number of nitriles is 1. The van der Waals surface area contributed by atoms with Gasteiger partial charge in [0.2, 0.25) is 0 Å². The minimum absolute atomic E-state index is 0.0202. The summed E-state index contributed by atoms with van der Waals surface area (Å²) in [6, 6.07) is 3.46. The third-order valence-corrected chi connectivity index (χ3v) is 3.02. The van der Waals surface area contributed by atoms with Crippen molar-refractivity contribution in [1.29, 1.82) is 5.26 Å². The quantitative estimate of drug-likeness (QED) is 0.644. The van der Waals surface area contributed by atoms with Crippen LogP contribution in [0.15, 0.2) is 6.07 Å². The van der Waals surface area contributed by atoms with Gasteiger partial charge in [0.25, 0.3) is 0 Å². The van der Waals surface area contributed by atoms with Gasteiger partial charge in [-0.15, -0.1) is 0 Å². The van der Waals surface area contributed by atoms with E-state index in [2.05, 4.69) is 0 Å². The van der Waals surface area contributed by atoms with Crippen LogP contribution in [0.25, 0.3) is 0 Å². The molecule has 1 nitrogen and oxygen atoms in total. The topological polar surface area (TPSA) is 23.8 Å². The molecule has 1 aromatic rings. The summed E-state index contributed by atoms with van der Waals surface area (Å²) in [5.74, 6) is -0.469. The summed E-state index contributed by atoms with van der Waals surface area (Å²) in [7, 11) is 0. The molecule has 0 saturated carbocycles. The Balaban J connectivity index is 2.67. The molecule has 0 spiro atoms. The number of nitrogens with zero attached hydrogens (tertiary/aromatic N) is 1. The molecule has 1 aliphatic rings. The fourth-order valence-corrected chi connectivity index (χ4v) is 2.17. The van der Waals surface area contributed by atoms with Gasteiger partial charge in [-0.3, -0.25) is 0 Å². The van der Waals surface area contributed by atoms with Gasteiger partial charge < -0.3 is 0 Å². The Bertz CT molecular complexity index is 420. The molecule has 2 rings (SSSR count). The summed E-state index contributed by atoms with van der Waals surface area (Å²) in [5, 5.41) is 8.88. The zero-order valence-electron chi connectivity index (χ0n) is 7.61. The van der Waals surface area contributed by atoms with E-state index in [-0.39, 0.29) is 5.02 Å². The van der Waals surface area contributed by atoms with E-state index in [0.29, 0.717) is 5.56 Å². The van der Waals surface area contributed by atoms with Crippen LogP contribution in [0, 0.1) is 17.1 Å². The lowest BCUT2D eigenvalue weighted by atomic mass is 9.88. The second-order valence-electron chi connectivity index (χ2n) is 3.50. The van der Waals surface area contributed by atoms with E-state index in [9.17, 15) is 4.39 Å². The van der Waals surface area contributed by atoms with E-state index in [1.807, 2.05) is 6.07 Å². The average Bonchev–Trinajstić information content (AvgIpc) is 2.20. The van der Waals surface area contributed by atoms with E-state index in [1.165, 1.54) is 6.07 Å². The van der Waals surface area contributed by atoms with Crippen LogP contribution in [-0.2, 0) is 12.8 Å². The summed E-state index contributed by atoms with van der Waals surface area (Å²) < 4.78 is 13.3. The van der Waals surface area contributed by atoms with Crippen molar-refractivity contribution in [3.05, 3.63) is 33.6 Å². The highest BCUT2D eigenvalue weighted by molar-refractivity contribution is 6.32. The van der Waals surface area contributed by atoms with Crippen molar-refractivity contribution in [3.63, 3.8) is 0 Å². The van der Waals surface area contributed by atoms with Gasteiger partial charge in [-0.1, -0.05) is 11.6 Å². The summed E-state index contributed by atoms with van der Waals surface area (Å²) >= 11 is 5.73. The second kappa shape index (κ2) is 3.59.